The Hall–Kier alpha value is -2.73. The van der Waals surface area contributed by atoms with Gasteiger partial charge in [0, 0.05) is 22.8 Å². The van der Waals surface area contributed by atoms with Crippen LogP contribution in [-0.2, 0) is 11.2 Å². The second-order valence-corrected chi connectivity index (χ2v) is 10.4. The average Bonchev–Trinajstić information content (AvgIpc) is 3.35. The van der Waals surface area contributed by atoms with Gasteiger partial charge in [-0.15, -0.1) is 16.2 Å². The predicted octanol–water partition coefficient (Wildman–Crippen LogP) is 3.93. The van der Waals surface area contributed by atoms with Crippen molar-refractivity contribution in [2.24, 2.45) is 4.95 Å². The van der Waals surface area contributed by atoms with E-state index in [-0.39, 0.29) is 33.9 Å². The molecular formula is C17H16FN4O6PS2. The fourth-order valence-corrected chi connectivity index (χ4v) is 4.60. The quantitative estimate of drug-likeness (QED) is 0.342. The van der Waals surface area contributed by atoms with Gasteiger partial charge in [-0.05, 0) is 26.0 Å². The minimum atomic E-state index is -4.36. The standard InChI is InChI=1S/C17H16FN4O6PS2/c1-9(2)28-12-4-10(15(23)21-16-19-7-14(18)31-16)3-11(5-12)27-8-13-6-20-17(30-13)29(25,26)22-24/h3-7,9H,8H2,1-2H3,(H,25,26)(H,19,21,23). The molecule has 0 aliphatic carbocycles. The largest absolute Gasteiger partial charge is 0.491 e. The zero-order valence-corrected chi connectivity index (χ0v) is 18.7. The van der Waals surface area contributed by atoms with E-state index in [4.69, 9.17) is 9.47 Å². The summed E-state index contributed by atoms with van der Waals surface area (Å²) in [6, 6.07) is 4.54. The lowest BCUT2D eigenvalue weighted by atomic mass is 10.2. The number of hydrogen-bond donors (Lipinski definition) is 2. The number of nitroso groups, excluding NO2 is 1. The number of rotatable bonds is 9. The smallest absolute Gasteiger partial charge is 0.407 e. The molecular weight excluding hydrogens is 470 g/mol. The summed E-state index contributed by atoms with van der Waals surface area (Å²) < 4.78 is 35.7. The predicted molar refractivity (Wildman–Crippen MR) is 114 cm³/mol. The lowest BCUT2D eigenvalue weighted by molar-refractivity contribution is 0.102. The zero-order valence-electron chi connectivity index (χ0n) is 16.1. The van der Waals surface area contributed by atoms with Crippen LogP contribution in [0, 0.1) is 10.0 Å². The van der Waals surface area contributed by atoms with Crippen LogP contribution in [0.1, 0.15) is 29.1 Å². The maximum Gasteiger partial charge on any atom is 0.407 e. The summed E-state index contributed by atoms with van der Waals surface area (Å²) >= 11 is 1.51. The molecule has 0 saturated heterocycles. The van der Waals surface area contributed by atoms with E-state index in [1.54, 1.807) is 6.07 Å². The van der Waals surface area contributed by atoms with Crippen molar-refractivity contribution >= 4 is 46.0 Å². The van der Waals surface area contributed by atoms with Gasteiger partial charge in [0.05, 0.1) is 17.2 Å². The van der Waals surface area contributed by atoms with Crippen molar-refractivity contribution in [2.45, 2.75) is 26.6 Å². The van der Waals surface area contributed by atoms with Gasteiger partial charge in [0.2, 0.25) is 4.75 Å². The van der Waals surface area contributed by atoms with Crippen LogP contribution in [0.4, 0.5) is 9.52 Å². The number of amides is 1. The number of carbonyl (C=O) groups excluding carboxylic acids is 1. The van der Waals surface area contributed by atoms with E-state index >= 15 is 0 Å². The normalized spacial score (nSPS) is 12.9. The Balaban J connectivity index is 1.79. The average molecular weight is 486 g/mol. The zero-order chi connectivity index (χ0) is 22.6. The highest BCUT2D eigenvalue weighted by molar-refractivity contribution is 7.70. The van der Waals surface area contributed by atoms with E-state index in [0.717, 1.165) is 17.5 Å². The van der Waals surface area contributed by atoms with Gasteiger partial charge in [-0.3, -0.25) is 14.7 Å². The summed E-state index contributed by atoms with van der Waals surface area (Å²) in [5.74, 6) is 0.119. The molecule has 0 saturated carbocycles. The molecule has 0 fully saturated rings. The molecule has 2 heterocycles. The van der Waals surface area contributed by atoms with Crippen LogP contribution >= 0.6 is 30.2 Å². The van der Waals surface area contributed by atoms with Crippen LogP contribution in [-0.4, -0.2) is 26.9 Å². The first-order valence-corrected chi connectivity index (χ1v) is 11.9. The van der Waals surface area contributed by atoms with Crippen molar-refractivity contribution < 1.29 is 28.1 Å². The van der Waals surface area contributed by atoms with Crippen LogP contribution < -0.4 is 19.5 Å². The summed E-state index contributed by atoms with van der Waals surface area (Å²) in [6.45, 7) is 3.60. The first-order chi connectivity index (χ1) is 14.7. The number of halogens is 1. The fraction of sp³-hybridized carbons (Fsp3) is 0.235. The Morgan fingerprint density at radius 1 is 1.26 bits per heavy atom. The number of benzene rings is 1. The Morgan fingerprint density at radius 3 is 2.65 bits per heavy atom. The number of aromatic nitrogens is 2. The molecule has 2 aromatic heterocycles. The van der Waals surface area contributed by atoms with Crippen molar-refractivity contribution in [3.63, 3.8) is 0 Å². The third-order valence-electron chi connectivity index (χ3n) is 3.49. The van der Waals surface area contributed by atoms with Crippen molar-refractivity contribution in [1.29, 1.82) is 0 Å². The third-order valence-corrected chi connectivity index (χ3v) is 6.79. The van der Waals surface area contributed by atoms with E-state index in [2.05, 4.69) is 20.2 Å². The first-order valence-electron chi connectivity index (χ1n) is 8.66. The number of nitrogens with zero attached hydrogens (tertiary/aromatic N) is 3. The van der Waals surface area contributed by atoms with E-state index < -0.39 is 18.6 Å². The number of thiazole rings is 2. The SMILES string of the molecule is CC(C)Oc1cc(OCc2cnc(P(=O)(O)N=O)s2)cc(C(=O)Nc2ncc(F)s2)c1. The number of anilines is 1. The lowest BCUT2D eigenvalue weighted by Gasteiger charge is -2.13. The van der Waals surface area contributed by atoms with Crippen molar-refractivity contribution in [3.8, 4) is 11.5 Å². The van der Waals surface area contributed by atoms with Crippen molar-refractivity contribution in [3.05, 3.63) is 51.1 Å². The molecule has 31 heavy (non-hydrogen) atoms. The van der Waals surface area contributed by atoms with Crippen LogP contribution in [0.15, 0.2) is 35.5 Å². The van der Waals surface area contributed by atoms with Crippen molar-refractivity contribution in [1.82, 2.24) is 9.97 Å². The Labute approximate surface area is 183 Å². The first kappa shape index (κ1) is 22.9. The van der Waals surface area contributed by atoms with Gasteiger partial charge < -0.3 is 14.4 Å². The highest BCUT2D eigenvalue weighted by atomic mass is 32.1. The van der Waals surface area contributed by atoms with Crippen molar-refractivity contribution in [2.75, 3.05) is 5.32 Å². The Kier molecular flexibility index (Phi) is 7.11. The maximum atomic E-state index is 13.1. The molecule has 1 amide bonds. The van der Waals surface area contributed by atoms with E-state index in [1.807, 2.05) is 13.8 Å². The maximum absolute atomic E-state index is 13.1. The molecule has 1 atom stereocenters. The van der Waals surface area contributed by atoms with Gasteiger partial charge in [-0.1, -0.05) is 11.3 Å². The summed E-state index contributed by atoms with van der Waals surface area (Å²) in [7, 11) is -4.36. The van der Waals surface area contributed by atoms with Gasteiger partial charge in [0.15, 0.2) is 10.3 Å². The molecule has 0 aliphatic heterocycles. The summed E-state index contributed by atoms with van der Waals surface area (Å²) in [5.41, 5.74) is 0.193. The van der Waals surface area contributed by atoms with Crippen LogP contribution in [0.25, 0.3) is 0 Å². The Morgan fingerprint density at radius 2 is 2.00 bits per heavy atom. The molecule has 2 N–H and O–H groups in total. The number of nitrogens with one attached hydrogen (secondary N) is 1. The molecule has 0 aliphatic rings. The molecule has 0 bridgehead atoms. The molecule has 1 unspecified atom stereocenters. The lowest BCUT2D eigenvalue weighted by Crippen LogP contribution is -2.13. The Bertz CT molecular complexity index is 1150. The molecule has 3 aromatic rings. The van der Waals surface area contributed by atoms with Gasteiger partial charge in [-0.2, -0.15) is 4.39 Å². The number of ether oxygens (including phenoxy) is 2. The van der Waals surface area contributed by atoms with Crippen LogP contribution in [0.3, 0.4) is 0 Å². The highest BCUT2D eigenvalue weighted by Crippen LogP contribution is 2.41. The topological polar surface area (TPSA) is 140 Å². The monoisotopic (exact) mass is 486 g/mol. The second-order valence-electron chi connectivity index (χ2n) is 6.31. The molecule has 14 heteroatoms. The summed E-state index contributed by atoms with van der Waals surface area (Å²) in [6.07, 6.45) is 2.13. The molecule has 0 radical (unpaired) electrons. The fourth-order valence-electron chi connectivity index (χ4n) is 2.30. The van der Waals surface area contributed by atoms with Gasteiger partial charge in [0.1, 0.15) is 18.1 Å². The van der Waals surface area contributed by atoms with E-state index in [9.17, 15) is 23.6 Å². The van der Waals surface area contributed by atoms with Crippen LogP contribution in [0.5, 0.6) is 11.5 Å². The molecule has 10 nitrogen and oxygen atoms in total. The highest BCUT2D eigenvalue weighted by Gasteiger charge is 2.26. The molecule has 164 valence electrons. The van der Waals surface area contributed by atoms with Crippen LogP contribution in [0.2, 0.25) is 0 Å². The summed E-state index contributed by atoms with van der Waals surface area (Å²) in [4.78, 5) is 42.6. The second kappa shape index (κ2) is 9.60. The molecule has 0 spiro atoms. The number of carbonyl (C=O) groups is 1. The number of hydrogen-bond acceptors (Lipinski definition) is 9. The van der Waals surface area contributed by atoms with Gasteiger partial charge in [-0.25, -0.2) is 9.97 Å². The third kappa shape index (κ3) is 6.14. The van der Waals surface area contributed by atoms with E-state index in [0.29, 0.717) is 22.0 Å². The molecule has 3 rings (SSSR count). The summed E-state index contributed by atoms with van der Waals surface area (Å²) in [5, 5.41) is 2.07. The molecule has 1 aromatic carbocycles. The van der Waals surface area contributed by atoms with Gasteiger partial charge >= 0.3 is 7.52 Å². The minimum absolute atomic E-state index is 0.0413. The minimum Gasteiger partial charge on any atom is -0.491 e. The van der Waals surface area contributed by atoms with Gasteiger partial charge in [0.25, 0.3) is 5.91 Å². The van der Waals surface area contributed by atoms with E-state index in [1.165, 1.54) is 18.3 Å².